The van der Waals surface area contributed by atoms with Crippen LogP contribution >= 0.6 is 31.9 Å². The van der Waals surface area contributed by atoms with E-state index < -0.39 is 5.91 Å². The Morgan fingerprint density at radius 3 is 2.50 bits per heavy atom. The van der Waals surface area contributed by atoms with Gasteiger partial charge >= 0.3 is 0 Å². The van der Waals surface area contributed by atoms with E-state index in [2.05, 4.69) is 49.0 Å². The third kappa shape index (κ3) is 6.68. The summed E-state index contributed by atoms with van der Waals surface area (Å²) in [5.41, 5.74) is 3.99. The number of hydrogen-bond acceptors (Lipinski definition) is 5. The lowest BCUT2D eigenvalue weighted by atomic mass is 10.2. The number of nitrogens with zero attached hydrogens (tertiary/aromatic N) is 1. The highest BCUT2D eigenvalue weighted by molar-refractivity contribution is 9.11. The van der Waals surface area contributed by atoms with Gasteiger partial charge in [0.2, 0.25) is 0 Å². The molecule has 0 fully saturated rings. The molecule has 6 nitrogen and oxygen atoms in total. The van der Waals surface area contributed by atoms with Crippen LogP contribution in [-0.2, 0) is 6.61 Å². The molecule has 1 amide bonds. The van der Waals surface area contributed by atoms with E-state index in [4.69, 9.17) is 14.2 Å². The van der Waals surface area contributed by atoms with Crippen LogP contribution < -0.4 is 19.6 Å². The second-order valence-electron chi connectivity index (χ2n) is 6.86. The number of nitrogens with one attached hydrogen (secondary N) is 1. The predicted octanol–water partition coefficient (Wildman–Crippen LogP) is 6.27. The Labute approximate surface area is 213 Å². The van der Waals surface area contributed by atoms with Gasteiger partial charge < -0.3 is 14.2 Å². The molecule has 0 unspecified atom stereocenters. The number of carbonyl (C=O) groups is 1. The van der Waals surface area contributed by atoms with Crippen molar-refractivity contribution in [2.45, 2.75) is 6.61 Å². The van der Waals surface area contributed by atoms with Crippen LogP contribution in [0.5, 0.6) is 17.2 Å². The number of halogens is 3. The first-order valence-corrected chi connectivity index (χ1v) is 11.6. The largest absolute Gasteiger partial charge is 0.493 e. The standard InChI is InChI=1S/C25H21Br2FN2O4/c1-3-10-33-22-9-8-17(13-23(22)32-2)25(31)30-29-14-16-11-19(26)24(20(27)12-16)34-15-18-6-4-5-7-21(18)28/h3-9,11-14H,1,10,15H2,2H3,(H,30,31)/b29-14+. The highest BCUT2D eigenvalue weighted by Crippen LogP contribution is 2.35. The molecule has 3 aromatic carbocycles. The molecule has 9 heteroatoms. The van der Waals surface area contributed by atoms with E-state index in [9.17, 15) is 9.18 Å². The van der Waals surface area contributed by atoms with Gasteiger partial charge in [-0.3, -0.25) is 4.79 Å². The van der Waals surface area contributed by atoms with Crippen LogP contribution in [0.25, 0.3) is 0 Å². The number of hydrazone groups is 1. The van der Waals surface area contributed by atoms with Crippen LogP contribution in [0.2, 0.25) is 0 Å². The highest BCUT2D eigenvalue weighted by atomic mass is 79.9. The molecule has 1 N–H and O–H groups in total. The van der Waals surface area contributed by atoms with Crippen molar-refractivity contribution in [3.63, 3.8) is 0 Å². The van der Waals surface area contributed by atoms with Crippen molar-refractivity contribution < 1.29 is 23.4 Å². The van der Waals surface area contributed by atoms with E-state index in [0.29, 0.717) is 49.5 Å². The maximum atomic E-state index is 13.8. The normalized spacial score (nSPS) is 10.7. The minimum absolute atomic E-state index is 0.0776. The quantitative estimate of drug-likeness (QED) is 0.171. The molecule has 3 aromatic rings. The minimum Gasteiger partial charge on any atom is -0.493 e. The Hall–Kier alpha value is -3.17. The molecule has 0 saturated heterocycles. The van der Waals surface area contributed by atoms with E-state index in [1.807, 2.05) is 0 Å². The number of amides is 1. The summed E-state index contributed by atoms with van der Waals surface area (Å²) in [6.45, 7) is 4.01. The summed E-state index contributed by atoms with van der Waals surface area (Å²) in [7, 11) is 1.50. The maximum absolute atomic E-state index is 13.8. The van der Waals surface area contributed by atoms with Crippen molar-refractivity contribution in [2.24, 2.45) is 5.10 Å². The lowest BCUT2D eigenvalue weighted by molar-refractivity contribution is 0.0954. The summed E-state index contributed by atoms with van der Waals surface area (Å²) in [6.07, 6.45) is 3.11. The molecule has 0 heterocycles. The van der Waals surface area contributed by atoms with Crippen molar-refractivity contribution in [1.82, 2.24) is 5.43 Å². The monoisotopic (exact) mass is 590 g/mol. The molecular weight excluding hydrogens is 571 g/mol. The van der Waals surface area contributed by atoms with Crippen molar-refractivity contribution in [2.75, 3.05) is 13.7 Å². The second kappa shape index (κ2) is 12.3. The summed E-state index contributed by atoms with van der Waals surface area (Å²) in [5, 5.41) is 4.02. The van der Waals surface area contributed by atoms with Crippen LogP contribution in [0, 0.1) is 5.82 Å². The van der Waals surface area contributed by atoms with Crippen molar-refractivity contribution >= 4 is 44.0 Å². The number of hydrogen-bond donors (Lipinski definition) is 1. The molecular formula is C25H21Br2FN2O4. The van der Waals surface area contributed by atoms with Gasteiger partial charge in [0, 0.05) is 11.1 Å². The van der Waals surface area contributed by atoms with E-state index in [-0.39, 0.29) is 12.4 Å². The summed E-state index contributed by atoms with van der Waals surface area (Å²) in [6, 6.07) is 14.8. The van der Waals surface area contributed by atoms with Gasteiger partial charge in [-0.25, -0.2) is 9.82 Å². The number of carbonyl (C=O) groups excluding carboxylic acids is 1. The number of ether oxygens (including phenoxy) is 3. The molecule has 0 aliphatic heterocycles. The van der Waals surface area contributed by atoms with Crippen molar-refractivity contribution in [3.8, 4) is 17.2 Å². The number of methoxy groups -OCH3 is 1. The lowest BCUT2D eigenvalue weighted by Crippen LogP contribution is -2.17. The molecule has 0 aliphatic carbocycles. The molecule has 0 atom stereocenters. The molecule has 0 aliphatic rings. The van der Waals surface area contributed by atoms with E-state index in [1.54, 1.807) is 54.6 Å². The Morgan fingerprint density at radius 2 is 1.82 bits per heavy atom. The molecule has 176 valence electrons. The van der Waals surface area contributed by atoms with Crippen LogP contribution in [0.15, 0.2) is 81.3 Å². The SMILES string of the molecule is C=CCOc1ccc(C(=O)N/N=C/c2cc(Br)c(OCc3ccccc3F)c(Br)c2)cc1OC. The summed E-state index contributed by atoms with van der Waals surface area (Å²) in [4.78, 5) is 12.5. The molecule has 34 heavy (non-hydrogen) atoms. The summed E-state index contributed by atoms with van der Waals surface area (Å²) in [5.74, 6) is 0.723. The van der Waals surface area contributed by atoms with Gasteiger partial charge in [0.05, 0.1) is 22.3 Å². The maximum Gasteiger partial charge on any atom is 0.271 e. The van der Waals surface area contributed by atoms with Gasteiger partial charge in [-0.05, 0) is 73.8 Å². The van der Waals surface area contributed by atoms with E-state index in [0.717, 1.165) is 0 Å². The van der Waals surface area contributed by atoms with Crippen LogP contribution in [0.3, 0.4) is 0 Å². The van der Waals surface area contributed by atoms with E-state index >= 15 is 0 Å². The Kier molecular flexibility index (Phi) is 9.24. The fourth-order valence-corrected chi connectivity index (χ4v) is 4.31. The van der Waals surface area contributed by atoms with E-state index in [1.165, 1.54) is 19.4 Å². The number of benzene rings is 3. The van der Waals surface area contributed by atoms with Gasteiger partial charge in [-0.2, -0.15) is 5.10 Å². The zero-order chi connectivity index (χ0) is 24.5. The van der Waals surface area contributed by atoms with Crippen molar-refractivity contribution in [3.05, 3.63) is 98.7 Å². The van der Waals surface area contributed by atoms with Gasteiger partial charge in [0.15, 0.2) is 11.5 Å². The lowest BCUT2D eigenvalue weighted by Gasteiger charge is -2.12. The fraction of sp³-hybridized carbons (Fsp3) is 0.120. The molecule has 0 radical (unpaired) electrons. The smallest absolute Gasteiger partial charge is 0.271 e. The fourth-order valence-electron chi connectivity index (χ4n) is 2.86. The minimum atomic E-state index is -0.409. The molecule has 0 bridgehead atoms. The Morgan fingerprint density at radius 1 is 1.09 bits per heavy atom. The summed E-state index contributed by atoms with van der Waals surface area (Å²) < 4.78 is 31.7. The first-order valence-electron chi connectivity index (χ1n) is 10.0. The van der Waals surface area contributed by atoms with Gasteiger partial charge in [0.1, 0.15) is 24.8 Å². The zero-order valence-corrected chi connectivity index (χ0v) is 21.4. The Bertz CT molecular complexity index is 1190. The first-order chi connectivity index (χ1) is 16.4. The first kappa shape index (κ1) is 25.5. The number of rotatable bonds is 10. The van der Waals surface area contributed by atoms with Gasteiger partial charge in [-0.1, -0.05) is 30.9 Å². The molecule has 0 saturated carbocycles. The van der Waals surface area contributed by atoms with Crippen molar-refractivity contribution in [1.29, 1.82) is 0 Å². The average molecular weight is 592 g/mol. The van der Waals surface area contributed by atoms with Crippen LogP contribution in [0.1, 0.15) is 21.5 Å². The Balaban J connectivity index is 1.65. The summed E-state index contributed by atoms with van der Waals surface area (Å²) >= 11 is 6.92. The highest BCUT2D eigenvalue weighted by Gasteiger charge is 2.12. The molecule has 3 rings (SSSR count). The second-order valence-corrected chi connectivity index (χ2v) is 8.57. The van der Waals surface area contributed by atoms with Crippen LogP contribution in [0.4, 0.5) is 4.39 Å². The third-order valence-corrected chi connectivity index (χ3v) is 5.69. The topological polar surface area (TPSA) is 69.2 Å². The average Bonchev–Trinajstić information content (AvgIpc) is 2.83. The third-order valence-electron chi connectivity index (χ3n) is 4.51. The zero-order valence-electron chi connectivity index (χ0n) is 18.2. The predicted molar refractivity (Wildman–Crippen MR) is 136 cm³/mol. The van der Waals surface area contributed by atoms with Crippen LogP contribution in [-0.4, -0.2) is 25.8 Å². The molecule has 0 aromatic heterocycles. The van der Waals surface area contributed by atoms with Gasteiger partial charge in [-0.15, -0.1) is 0 Å². The molecule has 0 spiro atoms. The van der Waals surface area contributed by atoms with Gasteiger partial charge in [0.25, 0.3) is 5.91 Å².